The molecule has 2 saturated carbocycles. The second kappa shape index (κ2) is 53.5. The van der Waals surface area contributed by atoms with Gasteiger partial charge in [-0.3, -0.25) is 24.0 Å². The molecule has 0 radical (unpaired) electrons. The molecule has 2 saturated heterocycles. The molecule has 7 N–H and O–H groups in total. The van der Waals surface area contributed by atoms with Crippen molar-refractivity contribution in [2.75, 3.05) is 153 Å². The number of nitrogens with one attached hydrogen (secondary N) is 3. The number of anilines is 1. The van der Waals surface area contributed by atoms with Crippen molar-refractivity contribution < 1.29 is 105 Å². The number of carbonyl (C=O) groups is 6. The van der Waals surface area contributed by atoms with Crippen molar-refractivity contribution in [3.05, 3.63) is 95.9 Å². The third-order valence-electron chi connectivity index (χ3n) is 26.3. The number of aromatic amines is 1. The SMILES string of the molecule is COc1cccc2cc(-c3nc(C4CCC(C(=O)NCCOCCOCCNC(=O)CCOCCOCCOCCOCCn5cc(CCCOC[C@@H]6CC[C@@H](C[C@@H](C)[C@@H]7C[C@@H](OC)[C@H](C)/C=C(\C)[C@@H](O)[C@@H](OC)C(=O)[C@H](C)C[C@H](C)/C=C/C=C/C=C(\C)[C@@H](OC)C[C@@H]8CC[C@@H](C)[C@@](O)(O8)C(=O)C(=O)N8CCCC[C@H]8C(=O)O7)C[C@H]6OC)nn5)CC4)n4ncnc(N)c34)[nH]c12. The molecule has 34 heteroatoms. The first-order valence-electron chi connectivity index (χ1n) is 47.0. The van der Waals surface area contributed by atoms with Crippen LogP contribution in [0.15, 0.2) is 84.4 Å². The number of nitrogens with two attached hydrogens (primary N) is 1. The summed E-state index contributed by atoms with van der Waals surface area (Å²) >= 11 is 0. The van der Waals surface area contributed by atoms with Crippen LogP contribution in [0.1, 0.15) is 181 Å². The van der Waals surface area contributed by atoms with Crippen molar-refractivity contribution in [1.29, 1.82) is 0 Å². The number of benzene rings is 1. The number of para-hydroxylation sites is 1. The predicted molar refractivity (Wildman–Crippen MR) is 487 cm³/mol. The van der Waals surface area contributed by atoms with Crippen LogP contribution < -0.4 is 21.1 Å². The predicted octanol–water partition coefficient (Wildman–Crippen LogP) is 10.00. The van der Waals surface area contributed by atoms with E-state index < -0.39 is 77.9 Å². The number of ether oxygens (including phenoxy) is 14. The third kappa shape index (κ3) is 30.1. The molecule has 722 valence electrons. The standard InChI is InChI=1S/C96H146N12O22/c1-62-20-14-13-15-21-63(2)79(118-9)57-75-33-26-68(7)96(116,130-75)90(112)94(114)107-37-17-16-24-77(107)95(115)129-81(58-80(119-10)64(3)53-67(6)88(111)89(121-12)87(110)66(5)52-62)65(4)54-69-27-28-73(82(55-69)120-11)60-128-39-19-23-74-59-106(105-104-74)38-43-125-47-49-127-51-50-126-48-44-122-40-34-83(109)98-35-41-123-45-46-124-42-36-99-93(113)71-31-29-70(30-32-71)92-103-85(86-91(97)100-61-101-108(86)92)76-56-72-22-18-25-78(117-8)84(72)102-76/h13-15,18,20-22,25,53,56,59,61-62,64-66,68-71,73,75,77,79-82,88-89,102,111,116H,16-17,19,23-24,26-52,54-55,57-58,60H2,1-12H3,(H,98,109)(H,99,113)(H2,97,100,101)/b15-13+,20-14+,63-21+,67-53+/t62-,64-,65-,66-,68-,69+,70?,71?,73+,75+,77+,79+,80-,81+,82-,88-,89+,96-/m1/s1. The zero-order valence-corrected chi connectivity index (χ0v) is 78.6. The topological polar surface area (TPSA) is 415 Å². The number of carbonyl (C=O) groups excluding carboxylic acids is 6. The van der Waals surface area contributed by atoms with Crippen LogP contribution in [0.3, 0.4) is 0 Å². The molecule has 130 heavy (non-hydrogen) atoms. The molecule has 2 bridgehead atoms. The van der Waals surface area contributed by atoms with E-state index in [9.17, 15) is 39.0 Å². The monoisotopic (exact) mass is 1820 g/mol. The fraction of sp³-hybridized carbons (Fsp3) is 0.698. The number of nitrogens with zero attached hydrogens (tertiary/aromatic N) is 8. The summed E-state index contributed by atoms with van der Waals surface area (Å²) in [7, 11) is 8.00. The number of aliphatic hydroxyl groups excluding tert-OH is 1. The molecule has 16 atom stereocenters. The molecular formula is C96H146N12O22. The molecule has 34 nitrogen and oxygen atoms in total. The minimum Gasteiger partial charge on any atom is -0.495 e. The summed E-state index contributed by atoms with van der Waals surface area (Å²) in [5, 5.41) is 44.1. The highest BCUT2D eigenvalue weighted by Gasteiger charge is 2.53. The third-order valence-corrected chi connectivity index (χ3v) is 26.3. The molecule has 4 fully saturated rings. The minimum atomic E-state index is -2.44. The molecule has 10 rings (SSSR count). The summed E-state index contributed by atoms with van der Waals surface area (Å²) in [5.41, 5.74) is 11.6. The molecule has 0 unspecified atom stereocenters. The van der Waals surface area contributed by atoms with Gasteiger partial charge in [-0.05, 0) is 158 Å². The van der Waals surface area contributed by atoms with Crippen molar-refractivity contribution in [2.24, 2.45) is 47.3 Å². The van der Waals surface area contributed by atoms with Gasteiger partial charge in [0, 0.05) is 121 Å². The highest BCUT2D eigenvalue weighted by Crippen LogP contribution is 2.43. The Morgan fingerprint density at radius 2 is 1.45 bits per heavy atom. The lowest BCUT2D eigenvalue weighted by Gasteiger charge is -2.43. The zero-order valence-electron chi connectivity index (χ0n) is 78.6. The fourth-order valence-corrected chi connectivity index (χ4v) is 18.6. The maximum absolute atomic E-state index is 15.0. The number of esters is 1. The Morgan fingerprint density at radius 1 is 0.738 bits per heavy atom. The summed E-state index contributed by atoms with van der Waals surface area (Å²) in [5.74, 6) is -5.00. The van der Waals surface area contributed by atoms with E-state index in [0.717, 1.165) is 78.0 Å². The number of Topliss-reactive ketones (excluding diaryl/α,β-unsaturated/α-hetero) is 2. The fourth-order valence-electron chi connectivity index (χ4n) is 18.6. The molecule has 4 aromatic heterocycles. The van der Waals surface area contributed by atoms with E-state index in [1.165, 1.54) is 18.3 Å². The van der Waals surface area contributed by atoms with Crippen LogP contribution in [0, 0.1) is 47.3 Å². The number of fused-ring (bicyclic) bond motifs is 5. The number of amides is 3. The Balaban J connectivity index is 0.559. The number of nitrogen functional groups attached to an aromatic ring is 1. The zero-order chi connectivity index (χ0) is 93.1. The van der Waals surface area contributed by atoms with Gasteiger partial charge in [0.2, 0.25) is 17.6 Å². The average molecular weight is 1820 g/mol. The Hall–Kier alpha value is -8.33. The van der Waals surface area contributed by atoms with E-state index in [-0.39, 0.29) is 97.5 Å². The first kappa shape index (κ1) is 104. The number of methoxy groups -OCH3 is 5. The number of H-pyrrole nitrogens is 1. The van der Waals surface area contributed by atoms with Crippen LogP contribution in [-0.4, -0.2) is 292 Å². The molecular weight excluding hydrogens is 1670 g/mol. The first-order chi connectivity index (χ1) is 62.9. The van der Waals surface area contributed by atoms with Crippen LogP contribution in [0.5, 0.6) is 5.75 Å². The van der Waals surface area contributed by atoms with Crippen molar-refractivity contribution >= 4 is 57.5 Å². The van der Waals surface area contributed by atoms with Gasteiger partial charge in [0.25, 0.3) is 11.7 Å². The molecule has 2 aliphatic carbocycles. The summed E-state index contributed by atoms with van der Waals surface area (Å²) in [6.07, 6.45) is 21.4. The summed E-state index contributed by atoms with van der Waals surface area (Å²) in [6.45, 7) is 20.2. The van der Waals surface area contributed by atoms with Crippen LogP contribution in [0.2, 0.25) is 0 Å². The number of ketones is 2. The number of hydrogen-bond donors (Lipinski definition) is 6. The number of hydrogen-bond acceptors (Lipinski definition) is 28. The van der Waals surface area contributed by atoms with E-state index >= 15 is 0 Å². The maximum atomic E-state index is 15.0. The van der Waals surface area contributed by atoms with Gasteiger partial charge in [-0.15, -0.1) is 5.10 Å². The molecule has 3 amide bonds. The van der Waals surface area contributed by atoms with Gasteiger partial charge in [0.15, 0.2) is 11.6 Å². The lowest BCUT2D eigenvalue weighted by atomic mass is 9.75. The number of imidazole rings is 1. The number of cyclic esters (lactones) is 1. The second-order valence-corrected chi connectivity index (χ2v) is 35.8. The van der Waals surface area contributed by atoms with Crippen molar-refractivity contribution in [3.63, 3.8) is 0 Å². The Kier molecular flexibility index (Phi) is 42.7. The average Bonchev–Trinajstić information content (AvgIpc) is 1.52. The first-order valence-corrected chi connectivity index (χ1v) is 47.0. The van der Waals surface area contributed by atoms with Gasteiger partial charge in [-0.25, -0.2) is 24.0 Å². The van der Waals surface area contributed by atoms with Crippen LogP contribution in [0.4, 0.5) is 5.82 Å². The van der Waals surface area contributed by atoms with Crippen LogP contribution in [-0.2, 0) is 103 Å². The van der Waals surface area contributed by atoms with Gasteiger partial charge in [-0.2, -0.15) is 5.10 Å². The van der Waals surface area contributed by atoms with Gasteiger partial charge in [-0.1, -0.05) is 88.4 Å². The smallest absolute Gasteiger partial charge is 0.329 e. The molecule has 7 heterocycles. The number of aliphatic hydroxyl groups is 2. The normalized spacial score (nSPS) is 28.5. The highest BCUT2D eigenvalue weighted by atomic mass is 16.6. The minimum absolute atomic E-state index is 0.0151. The van der Waals surface area contributed by atoms with E-state index in [1.807, 2.05) is 94.6 Å². The maximum Gasteiger partial charge on any atom is 0.329 e. The molecule has 5 aromatic rings. The Morgan fingerprint density at radius 3 is 2.15 bits per heavy atom. The van der Waals surface area contributed by atoms with E-state index in [2.05, 4.69) is 42.9 Å². The van der Waals surface area contributed by atoms with E-state index in [4.69, 9.17) is 77.0 Å². The number of allylic oxidation sites excluding steroid dienone is 5. The summed E-state index contributed by atoms with van der Waals surface area (Å²) < 4.78 is 86.4. The van der Waals surface area contributed by atoms with Gasteiger partial charge in [0.1, 0.15) is 53.5 Å². The largest absolute Gasteiger partial charge is 0.495 e. The number of piperidine rings is 1. The molecule has 3 aliphatic heterocycles. The Labute approximate surface area is 765 Å². The summed E-state index contributed by atoms with van der Waals surface area (Å²) in [6, 6.07) is 6.78. The summed E-state index contributed by atoms with van der Waals surface area (Å²) in [4.78, 5) is 97.7. The lowest BCUT2D eigenvalue weighted by Crippen LogP contribution is -2.61. The number of rotatable bonds is 41. The van der Waals surface area contributed by atoms with Gasteiger partial charge in [0.05, 0.1) is 141 Å². The second-order valence-electron chi connectivity index (χ2n) is 35.8. The molecule has 0 spiro atoms. The lowest BCUT2D eigenvalue weighted by molar-refractivity contribution is -0.265. The highest BCUT2D eigenvalue weighted by molar-refractivity contribution is 6.39. The van der Waals surface area contributed by atoms with Crippen LogP contribution >= 0.6 is 0 Å². The van der Waals surface area contributed by atoms with Crippen molar-refractivity contribution in [1.82, 2.24) is 55.1 Å². The molecule has 5 aliphatic rings. The molecule has 1 aromatic carbocycles. The van der Waals surface area contributed by atoms with Gasteiger partial charge >= 0.3 is 5.97 Å². The van der Waals surface area contributed by atoms with E-state index in [0.29, 0.717) is 192 Å². The van der Waals surface area contributed by atoms with Crippen LogP contribution in [0.25, 0.3) is 27.8 Å². The van der Waals surface area contributed by atoms with Crippen molar-refractivity contribution in [3.8, 4) is 17.1 Å². The van der Waals surface area contributed by atoms with E-state index in [1.54, 1.807) is 51.5 Å². The van der Waals surface area contributed by atoms with Gasteiger partial charge < -0.3 is 103 Å². The van der Waals surface area contributed by atoms with Crippen molar-refractivity contribution in [2.45, 2.75) is 237 Å². The number of aryl methyl sites for hydroxylation is 1. The quantitative estimate of drug-likeness (QED) is 0.00916. The Bertz CT molecular complexity index is 4470. The number of aromatic nitrogens is 8.